The number of rotatable bonds is 9. The number of nitrogens with zero attached hydrogens (tertiary/aromatic N) is 5. The van der Waals surface area contributed by atoms with Crippen LogP contribution in [0.3, 0.4) is 0 Å². The molecule has 0 radical (unpaired) electrons. The van der Waals surface area contributed by atoms with Gasteiger partial charge >= 0.3 is 0 Å². The fourth-order valence-corrected chi connectivity index (χ4v) is 8.38. The summed E-state index contributed by atoms with van der Waals surface area (Å²) in [5.41, 5.74) is 5.88. The fraction of sp³-hybridized carbons (Fsp3) is 0.750. The first-order valence-electron chi connectivity index (χ1n) is 17.1. The van der Waals surface area contributed by atoms with Gasteiger partial charge in [0.2, 0.25) is 0 Å². The molecule has 4 fully saturated rings. The van der Waals surface area contributed by atoms with Gasteiger partial charge in [-0.1, -0.05) is 31.9 Å². The average Bonchev–Trinajstić information content (AvgIpc) is 3.37. The molecule has 1 unspecified atom stereocenters. The fourth-order valence-electron chi connectivity index (χ4n) is 8.38. The molecular weight excluding hydrogens is 516 g/mol. The molecule has 1 N–H and O–H groups in total. The SMILES string of the molecule is C=C1CCCC[C@@H]1C(=N)/C(CCC)=C(\C)c1nc(CCC2CCCN2C)cc(N2CCN(C(C)(C)C)C3(CCC3)C2)n1. The maximum atomic E-state index is 9.34. The predicted octanol–water partition coefficient (Wildman–Crippen LogP) is 7.69. The first kappa shape index (κ1) is 31.4. The Hall–Kier alpha value is -2.05. The number of hydrogen-bond acceptors (Lipinski definition) is 6. The maximum Gasteiger partial charge on any atom is 0.157 e. The highest BCUT2D eigenvalue weighted by molar-refractivity contribution is 6.06. The number of aryl methyl sites for hydroxylation is 1. The van der Waals surface area contributed by atoms with Crippen LogP contribution in [0.5, 0.6) is 0 Å². The lowest BCUT2D eigenvalue weighted by Crippen LogP contribution is -2.70. The minimum Gasteiger partial charge on any atom is -0.353 e. The molecule has 6 heteroatoms. The summed E-state index contributed by atoms with van der Waals surface area (Å²) in [5.74, 6) is 2.12. The van der Waals surface area contributed by atoms with Crippen LogP contribution in [0, 0.1) is 11.3 Å². The maximum absolute atomic E-state index is 9.34. The third kappa shape index (κ3) is 6.55. The number of piperazine rings is 1. The number of likely N-dealkylation sites (tertiary alicyclic amines) is 1. The summed E-state index contributed by atoms with van der Waals surface area (Å²) in [7, 11) is 2.27. The summed E-state index contributed by atoms with van der Waals surface area (Å²) in [6.07, 6.45) is 15.0. The lowest BCUT2D eigenvalue weighted by atomic mass is 9.71. The van der Waals surface area contributed by atoms with Gasteiger partial charge < -0.3 is 15.2 Å². The minimum atomic E-state index is 0.180. The van der Waals surface area contributed by atoms with Gasteiger partial charge in [-0.15, -0.1) is 0 Å². The van der Waals surface area contributed by atoms with E-state index < -0.39 is 0 Å². The van der Waals surface area contributed by atoms with Crippen LogP contribution in [0.25, 0.3) is 5.57 Å². The van der Waals surface area contributed by atoms with Gasteiger partial charge in [-0.25, -0.2) is 9.97 Å². The second kappa shape index (κ2) is 12.9. The van der Waals surface area contributed by atoms with Crippen LogP contribution in [0.15, 0.2) is 23.8 Å². The summed E-state index contributed by atoms with van der Waals surface area (Å²) in [6.45, 7) is 20.3. The number of aromatic nitrogens is 2. The average molecular weight is 575 g/mol. The summed E-state index contributed by atoms with van der Waals surface area (Å²) in [5, 5.41) is 9.34. The van der Waals surface area contributed by atoms with E-state index in [-0.39, 0.29) is 17.0 Å². The first-order chi connectivity index (χ1) is 20.0. The van der Waals surface area contributed by atoms with Gasteiger partial charge in [0.25, 0.3) is 0 Å². The van der Waals surface area contributed by atoms with Crippen molar-refractivity contribution in [3.05, 3.63) is 35.3 Å². The van der Waals surface area contributed by atoms with Gasteiger partial charge in [0.15, 0.2) is 5.82 Å². The van der Waals surface area contributed by atoms with Crippen molar-refractivity contribution in [1.29, 1.82) is 5.41 Å². The molecule has 3 heterocycles. The van der Waals surface area contributed by atoms with E-state index in [2.05, 4.69) is 69.0 Å². The highest BCUT2D eigenvalue weighted by Gasteiger charge is 2.50. The molecule has 42 heavy (non-hydrogen) atoms. The molecule has 2 aliphatic carbocycles. The van der Waals surface area contributed by atoms with Crippen LogP contribution in [-0.2, 0) is 6.42 Å². The Morgan fingerprint density at radius 2 is 1.86 bits per heavy atom. The molecule has 0 bridgehead atoms. The standard InChI is InChI=1S/C36H58N6/c1-8-13-31(33(37)30-16-10-9-14-26(30)2)27(3)34-38-28(17-18-29-15-11-21-40(29)7)24-32(39-34)41-22-23-42(35(4,5)6)36(25-41)19-12-20-36/h24,29-30,37H,2,8-23,25H2,1,3-7H3/b31-27+,37-33?/t29?,30-/m0/s1. The quantitative estimate of drug-likeness (QED) is 0.242. The topological polar surface area (TPSA) is 59.4 Å². The Kier molecular flexibility index (Phi) is 9.64. The van der Waals surface area contributed by atoms with E-state index in [0.717, 1.165) is 86.7 Å². The number of allylic oxidation sites excluding steroid dienone is 3. The normalized spacial score (nSPS) is 26.0. The van der Waals surface area contributed by atoms with Crippen LogP contribution < -0.4 is 4.90 Å². The third-order valence-corrected chi connectivity index (χ3v) is 10.9. The predicted molar refractivity (Wildman–Crippen MR) is 178 cm³/mol. The van der Waals surface area contributed by atoms with Gasteiger partial charge in [-0.2, -0.15) is 0 Å². The van der Waals surface area contributed by atoms with Crippen molar-refractivity contribution in [2.24, 2.45) is 5.92 Å². The Bertz CT molecular complexity index is 1170. The summed E-state index contributed by atoms with van der Waals surface area (Å²) in [4.78, 5) is 18.4. The van der Waals surface area contributed by atoms with Crippen molar-refractivity contribution in [3.8, 4) is 0 Å². The lowest BCUT2D eigenvalue weighted by Gasteiger charge is -2.60. The highest BCUT2D eigenvalue weighted by Crippen LogP contribution is 2.44. The monoisotopic (exact) mass is 574 g/mol. The second-order valence-electron chi connectivity index (χ2n) is 14.9. The van der Waals surface area contributed by atoms with Crippen molar-refractivity contribution < 1.29 is 0 Å². The van der Waals surface area contributed by atoms with E-state index in [0.29, 0.717) is 6.04 Å². The van der Waals surface area contributed by atoms with Gasteiger partial charge in [0, 0.05) is 60.1 Å². The minimum absolute atomic E-state index is 0.180. The van der Waals surface area contributed by atoms with E-state index in [1.54, 1.807) is 0 Å². The van der Waals surface area contributed by atoms with E-state index >= 15 is 0 Å². The summed E-state index contributed by atoms with van der Waals surface area (Å²) < 4.78 is 0. The molecule has 0 amide bonds. The van der Waals surface area contributed by atoms with Crippen molar-refractivity contribution in [1.82, 2.24) is 19.8 Å². The van der Waals surface area contributed by atoms with Crippen LogP contribution in [0.1, 0.15) is 123 Å². The number of anilines is 1. The zero-order valence-electron chi connectivity index (χ0n) is 27.7. The van der Waals surface area contributed by atoms with E-state index in [1.165, 1.54) is 62.8 Å². The Labute approximate surface area is 256 Å². The van der Waals surface area contributed by atoms with Crippen molar-refractivity contribution in [2.45, 2.75) is 135 Å². The van der Waals surface area contributed by atoms with Gasteiger partial charge in [0.05, 0.1) is 0 Å². The van der Waals surface area contributed by atoms with E-state index in [4.69, 9.17) is 9.97 Å². The van der Waals surface area contributed by atoms with Crippen molar-refractivity contribution >= 4 is 17.1 Å². The zero-order valence-corrected chi connectivity index (χ0v) is 27.7. The molecule has 2 saturated heterocycles. The molecule has 5 rings (SSSR count). The lowest BCUT2D eigenvalue weighted by molar-refractivity contribution is -0.0538. The first-order valence-corrected chi connectivity index (χ1v) is 17.1. The van der Waals surface area contributed by atoms with Crippen LogP contribution >= 0.6 is 0 Å². The molecule has 1 aromatic rings. The smallest absolute Gasteiger partial charge is 0.157 e. The van der Waals surface area contributed by atoms with Crippen molar-refractivity contribution in [3.63, 3.8) is 0 Å². The Morgan fingerprint density at radius 3 is 2.48 bits per heavy atom. The van der Waals surface area contributed by atoms with E-state index in [1.807, 2.05) is 0 Å². The molecule has 1 aromatic heterocycles. The molecule has 1 spiro atoms. The molecular formula is C36H58N6. The van der Waals surface area contributed by atoms with Gasteiger partial charge in [0.1, 0.15) is 5.82 Å². The van der Waals surface area contributed by atoms with Gasteiger partial charge in [-0.3, -0.25) is 4.90 Å². The van der Waals surface area contributed by atoms with Crippen LogP contribution in [-0.4, -0.2) is 75.8 Å². The number of hydrogen-bond donors (Lipinski definition) is 1. The summed E-state index contributed by atoms with van der Waals surface area (Å²) >= 11 is 0. The number of nitrogens with one attached hydrogen (secondary N) is 1. The molecule has 2 aliphatic heterocycles. The second-order valence-corrected chi connectivity index (χ2v) is 14.9. The molecule has 0 aromatic carbocycles. The molecule has 4 aliphatic rings. The van der Waals surface area contributed by atoms with Gasteiger partial charge in [-0.05, 0) is 123 Å². The van der Waals surface area contributed by atoms with Crippen molar-refractivity contribution in [2.75, 3.05) is 38.1 Å². The van der Waals surface area contributed by atoms with Crippen LogP contribution in [0.4, 0.5) is 5.82 Å². The largest absolute Gasteiger partial charge is 0.353 e. The Morgan fingerprint density at radius 1 is 1.07 bits per heavy atom. The van der Waals surface area contributed by atoms with Crippen LogP contribution in [0.2, 0.25) is 0 Å². The zero-order chi connectivity index (χ0) is 30.1. The van der Waals surface area contributed by atoms with E-state index in [9.17, 15) is 5.41 Å². The molecule has 6 nitrogen and oxygen atoms in total. The highest BCUT2D eigenvalue weighted by atomic mass is 15.4. The third-order valence-electron chi connectivity index (χ3n) is 10.9. The summed E-state index contributed by atoms with van der Waals surface area (Å²) in [6, 6.07) is 2.96. The molecule has 2 atom stereocenters. The molecule has 2 saturated carbocycles. The molecule has 232 valence electrons. The Balaban J connectivity index is 1.49.